The SMILES string of the molecule is CC(C)(C#N)CCOc1ccc2c(c1)CCCC2N. The van der Waals surface area contributed by atoms with E-state index < -0.39 is 0 Å². The van der Waals surface area contributed by atoms with Crippen LogP contribution in [0.2, 0.25) is 0 Å². The molecule has 2 N–H and O–H groups in total. The van der Waals surface area contributed by atoms with E-state index in [1.807, 2.05) is 19.9 Å². The second-order valence-corrected chi connectivity index (χ2v) is 5.95. The Labute approximate surface area is 115 Å². The maximum Gasteiger partial charge on any atom is 0.119 e. The van der Waals surface area contributed by atoms with Crippen LogP contribution in [0, 0.1) is 16.7 Å². The average Bonchev–Trinajstić information content (AvgIpc) is 2.39. The summed E-state index contributed by atoms with van der Waals surface area (Å²) in [6.45, 7) is 4.44. The van der Waals surface area contributed by atoms with Gasteiger partial charge in [-0.15, -0.1) is 0 Å². The van der Waals surface area contributed by atoms with Crippen molar-refractivity contribution in [1.82, 2.24) is 0 Å². The van der Waals surface area contributed by atoms with Crippen molar-refractivity contribution in [3.63, 3.8) is 0 Å². The number of nitrogens with two attached hydrogens (primary N) is 1. The van der Waals surface area contributed by atoms with Crippen molar-refractivity contribution in [2.75, 3.05) is 6.61 Å². The Morgan fingerprint density at radius 3 is 3.00 bits per heavy atom. The van der Waals surface area contributed by atoms with E-state index in [-0.39, 0.29) is 11.5 Å². The number of nitrogens with zero attached hydrogens (tertiary/aromatic N) is 1. The number of nitriles is 1. The van der Waals surface area contributed by atoms with Gasteiger partial charge in [0, 0.05) is 6.04 Å². The van der Waals surface area contributed by atoms with Crippen LogP contribution in [-0.2, 0) is 6.42 Å². The first-order chi connectivity index (χ1) is 9.02. The summed E-state index contributed by atoms with van der Waals surface area (Å²) in [6, 6.07) is 8.64. The Balaban J connectivity index is 1.98. The summed E-state index contributed by atoms with van der Waals surface area (Å²) in [5, 5.41) is 8.96. The molecule has 102 valence electrons. The molecule has 1 aromatic rings. The number of benzene rings is 1. The number of ether oxygens (including phenoxy) is 1. The van der Waals surface area contributed by atoms with Gasteiger partial charge in [-0.2, -0.15) is 5.26 Å². The Bertz CT molecular complexity index is 488. The summed E-state index contributed by atoms with van der Waals surface area (Å²) >= 11 is 0. The molecule has 1 atom stereocenters. The second-order valence-electron chi connectivity index (χ2n) is 5.95. The van der Waals surface area contributed by atoms with Gasteiger partial charge in [0.25, 0.3) is 0 Å². The molecule has 0 radical (unpaired) electrons. The number of fused-ring (bicyclic) bond motifs is 1. The fourth-order valence-corrected chi connectivity index (χ4v) is 2.40. The molecular weight excluding hydrogens is 236 g/mol. The molecule has 0 saturated carbocycles. The fraction of sp³-hybridized carbons (Fsp3) is 0.562. The molecule has 0 fully saturated rings. The van der Waals surface area contributed by atoms with Crippen LogP contribution in [0.25, 0.3) is 0 Å². The zero-order valence-electron chi connectivity index (χ0n) is 11.8. The van der Waals surface area contributed by atoms with Crippen molar-refractivity contribution in [1.29, 1.82) is 5.26 Å². The van der Waals surface area contributed by atoms with Gasteiger partial charge >= 0.3 is 0 Å². The van der Waals surface area contributed by atoms with Crippen LogP contribution in [0.3, 0.4) is 0 Å². The van der Waals surface area contributed by atoms with Gasteiger partial charge in [-0.05, 0) is 62.8 Å². The average molecular weight is 258 g/mol. The van der Waals surface area contributed by atoms with Gasteiger partial charge in [0.1, 0.15) is 5.75 Å². The molecule has 2 rings (SSSR count). The lowest BCUT2D eigenvalue weighted by Crippen LogP contribution is -2.17. The molecular formula is C16H22N2O. The maximum atomic E-state index is 8.96. The maximum absolute atomic E-state index is 8.96. The zero-order valence-corrected chi connectivity index (χ0v) is 11.8. The van der Waals surface area contributed by atoms with Crippen molar-refractivity contribution < 1.29 is 4.74 Å². The van der Waals surface area contributed by atoms with E-state index in [2.05, 4.69) is 18.2 Å². The highest BCUT2D eigenvalue weighted by molar-refractivity contribution is 5.38. The molecule has 19 heavy (non-hydrogen) atoms. The van der Waals surface area contributed by atoms with Gasteiger partial charge < -0.3 is 10.5 Å². The highest BCUT2D eigenvalue weighted by atomic mass is 16.5. The summed E-state index contributed by atoms with van der Waals surface area (Å²) in [7, 11) is 0. The number of rotatable bonds is 4. The molecule has 0 amide bonds. The first kappa shape index (κ1) is 13.9. The van der Waals surface area contributed by atoms with Gasteiger partial charge in [0.15, 0.2) is 0 Å². The first-order valence-electron chi connectivity index (χ1n) is 6.94. The van der Waals surface area contributed by atoms with E-state index in [1.165, 1.54) is 11.1 Å². The van der Waals surface area contributed by atoms with E-state index in [4.69, 9.17) is 15.7 Å². The van der Waals surface area contributed by atoms with E-state index in [9.17, 15) is 0 Å². The molecule has 1 aromatic carbocycles. The minimum Gasteiger partial charge on any atom is -0.494 e. The molecule has 3 heteroatoms. The lowest BCUT2D eigenvalue weighted by Gasteiger charge is -2.23. The minimum absolute atomic E-state index is 0.176. The quantitative estimate of drug-likeness (QED) is 0.901. The molecule has 1 unspecified atom stereocenters. The van der Waals surface area contributed by atoms with E-state index in [0.29, 0.717) is 6.61 Å². The highest BCUT2D eigenvalue weighted by Crippen LogP contribution is 2.30. The summed E-state index contributed by atoms with van der Waals surface area (Å²) in [5.41, 5.74) is 8.35. The van der Waals surface area contributed by atoms with Crippen molar-refractivity contribution in [2.24, 2.45) is 11.1 Å². The van der Waals surface area contributed by atoms with E-state index in [0.717, 1.165) is 31.4 Å². The van der Waals surface area contributed by atoms with Crippen LogP contribution < -0.4 is 10.5 Å². The second kappa shape index (κ2) is 5.63. The smallest absolute Gasteiger partial charge is 0.119 e. The lowest BCUT2D eigenvalue weighted by atomic mass is 9.88. The Morgan fingerprint density at radius 2 is 2.26 bits per heavy atom. The molecule has 1 aliphatic rings. The third kappa shape index (κ3) is 3.48. The van der Waals surface area contributed by atoms with Crippen molar-refractivity contribution in [3.8, 4) is 11.8 Å². The number of hydrogen-bond donors (Lipinski definition) is 1. The Morgan fingerprint density at radius 1 is 1.47 bits per heavy atom. The molecule has 0 saturated heterocycles. The van der Waals surface area contributed by atoms with Crippen LogP contribution in [-0.4, -0.2) is 6.61 Å². The summed E-state index contributed by atoms with van der Waals surface area (Å²) < 4.78 is 5.75. The molecule has 0 aliphatic heterocycles. The minimum atomic E-state index is -0.323. The van der Waals surface area contributed by atoms with Gasteiger partial charge in [0.05, 0.1) is 18.1 Å². The first-order valence-corrected chi connectivity index (χ1v) is 6.94. The number of aryl methyl sites for hydroxylation is 1. The van der Waals surface area contributed by atoms with Gasteiger partial charge in [-0.25, -0.2) is 0 Å². The van der Waals surface area contributed by atoms with Crippen molar-refractivity contribution in [2.45, 2.75) is 45.6 Å². The topological polar surface area (TPSA) is 59.0 Å². The van der Waals surface area contributed by atoms with Crippen molar-refractivity contribution >= 4 is 0 Å². The van der Waals surface area contributed by atoms with Crippen LogP contribution in [0.4, 0.5) is 0 Å². The normalized spacial score (nSPS) is 18.5. The summed E-state index contributed by atoms with van der Waals surface area (Å²) in [4.78, 5) is 0. The molecule has 0 aromatic heterocycles. The molecule has 3 nitrogen and oxygen atoms in total. The van der Waals surface area contributed by atoms with Crippen molar-refractivity contribution in [3.05, 3.63) is 29.3 Å². The zero-order chi connectivity index (χ0) is 13.9. The Kier molecular flexibility index (Phi) is 4.11. The predicted octanol–water partition coefficient (Wildman–Crippen LogP) is 3.34. The third-order valence-corrected chi connectivity index (χ3v) is 3.77. The van der Waals surface area contributed by atoms with Crippen LogP contribution in [0.15, 0.2) is 18.2 Å². The van der Waals surface area contributed by atoms with E-state index >= 15 is 0 Å². The van der Waals surface area contributed by atoms with Crippen LogP contribution >= 0.6 is 0 Å². The fourth-order valence-electron chi connectivity index (χ4n) is 2.40. The Hall–Kier alpha value is -1.53. The molecule has 0 spiro atoms. The largest absolute Gasteiger partial charge is 0.494 e. The predicted molar refractivity (Wildman–Crippen MR) is 75.8 cm³/mol. The summed E-state index contributed by atoms with van der Waals surface area (Å²) in [6.07, 6.45) is 4.05. The molecule has 1 aliphatic carbocycles. The highest BCUT2D eigenvalue weighted by Gasteiger charge is 2.18. The molecule has 0 heterocycles. The monoisotopic (exact) mass is 258 g/mol. The van der Waals surface area contributed by atoms with Gasteiger partial charge in [0.2, 0.25) is 0 Å². The van der Waals surface area contributed by atoms with E-state index in [1.54, 1.807) is 0 Å². The number of hydrogen-bond acceptors (Lipinski definition) is 3. The van der Waals surface area contributed by atoms with Gasteiger partial charge in [-0.1, -0.05) is 6.07 Å². The lowest BCUT2D eigenvalue weighted by molar-refractivity contribution is 0.264. The van der Waals surface area contributed by atoms with Crippen LogP contribution in [0.5, 0.6) is 5.75 Å². The van der Waals surface area contributed by atoms with Gasteiger partial charge in [-0.3, -0.25) is 0 Å². The van der Waals surface area contributed by atoms with Crippen LogP contribution in [0.1, 0.15) is 50.3 Å². The summed E-state index contributed by atoms with van der Waals surface area (Å²) in [5.74, 6) is 0.890. The standard InChI is InChI=1S/C16H22N2O/c1-16(2,11-17)8-9-19-13-6-7-14-12(10-13)4-3-5-15(14)18/h6-7,10,15H,3-5,8-9,18H2,1-2H3. The third-order valence-electron chi connectivity index (χ3n) is 3.77. The molecule has 0 bridgehead atoms.